The molecule has 10 heteroatoms. The van der Waals surface area contributed by atoms with Gasteiger partial charge in [-0.05, 0) is 43.8 Å². The van der Waals surface area contributed by atoms with Gasteiger partial charge in [0.2, 0.25) is 0 Å². The molecule has 0 spiro atoms. The predicted octanol–water partition coefficient (Wildman–Crippen LogP) is 4.73. The summed E-state index contributed by atoms with van der Waals surface area (Å²) in [5.74, 6) is 0.346. The fourth-order valence-electron chi connectivity index (χ4n) is 3.76. The van der Waals surface area contributed by atoms with Crippen LogP contribution in [0.15, 0.2) is 54.9 Å². The highest BCUT2D eigenvalue weighted by molar-refractivity contribution is 7.18. The van der Waals surface area contributed by atoms with Crippen molar-refractivity contribution in [3.8, 4) is 22.3 Å². The lowest BCUT2D eigenvalue weighted by molar-refractivity contribution is 0.148. The zero-order valence-corrected chi connectivity index (χ0v) is 20.4. The molecule has 0 unspecified atom stereocenters. The van der Waals surface area contributed by atoms with Crippen molar-refractivity contribution >= 4 is 22.3 Å². The van der Waals surface area contributed by atoms with E-state index in [9.17, 15) is 4.39 Å². The fourth-order valence-corrected chi connectivity index (χ4v) is 4.54. The SMILES string of the molecule is Cc1cc(-c2cnc(Nc3ccc(CN4CCN(C)CC4)cn3)s2)nc(Oc2ccccc2F)n1. The minimum absolute atomic E-state index is 0.0813. The highest BCUT2D eigenvalue weighted by Crippen LogP contribution is 2.31. The lowest BCUT2D eigenvalue weighted by Crippen LogP contribution is -2.43. The van der Waals surface area contributed by atoms with Crippen LogP contribution in [-0.4, -0.2) is 63.0 Å². The van der Waals surface area contributed by atoms with Crippen LogP contribution in [0.3, 0.4) is 0 Å². The molecular weight excluding hydrogens is 465 g/mol. The van der Waals surface area contributed by atoms with Gasteiger partial charge < -0.3 is 15.0 Å². The van der Waals surface area contributed by atoms with Crippen LogP contribution in [0.25, 0.3) is 10.6 Å². The number of para-hydroxylation sites is 1. The summed E-state index contributed by atoms with van der Waals surface area (Å²) in [5, 5.41) is 3.96. The Kier molecular flexibility index (Phi) is 6.94. The Labute approximate surface area is 207 Å². The Bertz CT molecular complexity index is 1290. The monoisotopic (exact) mass is 491 g/mol. The number of nitrogens with zero attached hydrogens (tertiary/aromatic N) is 6. The molecule has 0 atom stereocenters. The molecule has 5 rings (SSSR count). The molecule has 0 saturated carbocycles. The van der Waals surface area contributed by atoms with E-state index in [1.54, 1.807) is 24.4 Å². The Morgan fingerprint density at radius 3 is 2.63 bits per heavy atom. The number of piperazine rings is 1. The minimum atomic E-state index is -0.467. The van der Waals surface area contributed by atoms with Crippen LogP contribution in [0.4, 0.5) is 15.3 Å². The van der Waals surface area contributed by atoms with Crippen molar-refractivity contribution in [2.24, 2.45) is 0 Å². The zero-order valence-electron chi connectivity index (χ0n) is 19.6. The van der Waals surface area contributed by atoms with E-state index in [1.165, 1.54) is 23.0 Å². The molecular formula is C25H26FN7OS. The van der Waals surface area contributed by atoms with Gasteiger partial charge in [-0.3, -0.25) is 4.90 Å². The molecule has 3 aromatic heterocycles. The van der Waals surface area contributed by atoms with Crippen LogP contribution in [0, 0.1) is 12.7 Å². The molecule has 1 aromatic carbocycles. The van der Waals surface area contributed by atoms with E-state index < -0.39 is 5.82 Å². The topological polar surface area (TPSA) is 79.3 Å². The smallest absolute Gasteiger partial charge is 0.322 e. The molecule has 1 aliphatic rings. The Balaban J connectivity index is 1.24. The highest BCUT2D eigenvalue weighted by atomic mass is 32.1. The van der Waals surface area contributed by atoms with Crippen molar-refractivity contribution in [1.29, 1.82) is 0 Å². The second-order valence-electron chi connectivity index (χ2n) is 8.50. The van der Waals surface area contributed by atoms with Crippen LogP contribution in [0.2, 0.25) is 0 Å². The van der Waals surface area contributed by atoms with E-state index in [2.05, 4.69) is 48.2 Å². The summed E-state index contributed by atoms with van der Waals surface area (Å²) in [4.78, 5) is 23.4. The minimum Gasteiger partial charge on any atom is -0.421 e. The average molecular weight is 492 g/mol. The first-order valence-electron chi connectivity index (χ1n) is 11.4. The molecule has 1 saturated heterocycles. The second-order valence-corrected chi connectivity index (χ2v) is 9.53. The van der Waals surface area contributed by atoms with Gasteiger partial charge in [0.05, 0.1) is 10.6 Å². The van der Waals surface area contributed by atoms with Gasteiger partial charge in [-0.2, -0.15) is 4.98 Å². The third-order valence-corrected chi connectivity index (χ3v) is 6.63. The van der Waals surface area contributed by atoms with E-state index in [0.29, 0.717) is 16.5 Å². The number of thiazole rings is 1. The summed E-state index contributed by atoms with van der Waals surface area (Å²) in [7, 11) is 2.16. The van der Waals surface area contributed by atoms with E-state index in [-0.39, 0.29) is 11.8 Å². The Hall–Kier alpha value is -3.47. The van der Waals surface area contributed by atoms with Gasteiger partial charge in [0.25, 0.3) is 0 Å². The van der Waals surface area contributed by atoms with Gasteiger partial charge in [-0.1, -0.05) is 29.5 Å². The zero-order chi connectivity index (χ0) is 24.2. The number of benzene rings is 1. The fraction of sp³-hybridized carbons (Fsp3) is 0.280. The lowest BCUT2D eigenvalue weighted by Gasteiger charge is -2.32. The number of anilines is 2. The predicted molar refractivity (Wildman–Crippen MR) is 135 cm³/mol. The van der Waals surface area contributed by atoms with Crippen LogP contribution in [0.1, 0.15) is 11.3 Å². The van der Waals surface area contributed by atoms with Gasteiger partial charge in [-0.15, -0.1) is 0 Å². The number of likely N-dealkylation sites (N-methyl/N-ethyl adjacent to an activating group) is 1. The molecule has 1 aliphatic heterocycles. The third kappa shape index (κ3) is 5.97. The number of rotatable bonds is 7. The largest absolute Gasteiger partial charge is 0.421 e. The average Bonchev–Trinajstić information content (AvgIpc) is 3.32. The molecule has 1 N–H and O–H groups in total. The molecule has 0 aliphatic carbocycles. The number of nitrogens with one attached hydrogen (secondary N) is 1. The highest BCUT2D eigenvalue weighted by Gasteiger charge is 2.15. The first-order chi connectivity index (χ1) is 17.0. The van der Waals surface area contributed by atoms with Crippen LogP contribution in [-0.2, 0) is 6.54 Å². The van der Waals surface area contributed by atoms with Crippen molar-refractivity contribution in [3.05, 3.63) is 71.9 Å². The summed E-state index contributed by atoms with van der Waals surface area (Å²) >= 11 is 1.45. The maximum atomic E-state index is 14.0. The molecule has 0 bridgehead atoms. The molecule has 35 heavy (non-hydrogen) atoms. The lowest BCUT2D eigenvalue weighted by atomic mass is 10.2. The Morgan fingerprint density at radius 2 is 1.86 bits per heavy atom. The third-order valence-electron chi connectivity index (χ3n) is 5.69. The molecule has 4 aromatic rings. The van der Waals surface area contributed by atoms with Crippen molar-refractivity contribution in [1.82, 2.24) is 29.7 Å². The number of ether oxygens (including phenoxy) is 1. The van der Waals surface area contributed by atoms with Gasteiger partial charge in [0.1, 0.15) is 5.82 Å². The van der Waals surface area contributed by atoms with Crippen LogP contribution >= 0.6 is 11.3 Å². The number of pyridine rings is 1. The van der Waals surface area contributed by atoms with Crippen molar-refractivity contribution in [2.45, 2.75) is 13.5 Å². The van der Waals surface area contributed by atoms with Gasteiger partial charge >= 0.3 is 6.01 Å². The molecule has 1 fully saturated rings. The molecule has 180 valence electrons. The summed E-state index contributed by atoms with van der Waals surface area (Å²) < 4.78 is 19.5. The number of halogens is 1. The van der Waals surface area contributed by atoms with E-state index >= 15 is 0 Å². The number of aromatic nitrogens is 4. The number of hydrogen-bond acceptors (Lipinski definition) is 9. The standard InChI is InChI=1S/C25H26FN7OS/c1-17-13-20(30-24(29-17)34-21-6-4-3-5-19(21)26)22-15-28-25(35-22)31-23-8-7-18(14-27-23)16-33-11-9-32(2)10-12-33/h3-8,13-15H,9-12,16H2,1-2H3,(H,27,28,31). The van der Waals surface area contributed by atoms with Gasteiger partial charge in [0.15, 0.2) is 16.7 Å². The van der Waals surface area contributed by atoms with Crippen LogP contribution < -0.4 is 10.1 Å². The van der Waals surface area contributed by atoms with Gasteiger partial charge in [-0.25, -0.2) is 19.3 Å². The Morgan fingerprint density at radius 1 is 1.03 bits per heavy atom. The second kappa shape index (κ2) is 10.4. The number of hydrogen-bond donors (Lipinski definition) is 1. The van der Waals surface area contributed by atoms with E-state index in [1.807, 2.05) is 25.3 Å². The van der Waals surface area contributed by atoms with Crippen molar-refractivity contribution < 1.29 is 9.13 Å². The molecule has 4 heterocycles. The molecule has 0 amide bonds. The first kappa shape index (κ1) is 23.3. The van der Waals surface area contributed by atoms with E-state index in [4.69, 9.17) is 4.74 Å². The number of aryl methyl sites for hydroxylation is 1. The summed E-state index contributed by atoms with van der Waals surface area (Å²) in [6, 6.07) is 12.2. The van der Waals surface area contributed by atoms with E-state index in [0.717, 1.165) is 43.4 Å². The first-order valence-corrected chi connectivity index (χ1v) is 12.2. The quantitative estimate of drug-likeness (QED) is 0.398. The van der Waals surface area contributed by atoms with Crippen molar-refractivity contribution in [2.75, 3.05) is 38.5 Å². The molecule has 8 nitrogen and oxygen atoms in total. The van der Waals surface area contributed by atoms with Crippen LogP contribution in [0.5, 0.6) is 11.8 Å². The maximum Gasteiger partial charge on any atom is 0.322 e. The summed E-state index contributed by atoms with van der Waals surface area (Å²) in [6.07, 6.45) is 3.65. The maximum absolute atomic E-state index is 14.0. The normalized spacial score (nSPS) is 14.7. The summed E-state index contributed by atoms with van der Waals surface area (Å²) in [6.45, 7) is 7.10. The van der Waals surface area contributed by atoms with Gasteiger partial charge in [0, 0.05) is 50.8 Å². The molecule has 0 radical (unpaired) electrons. The summed E-state index contributed by atoms with van der Waals surface area (Å²) in [5.41, 5.74) is 2.56. The van der Waals surface area contributed by atoms with Crippen molar-refractivity contribution in [3.63, 3.8) is 0 Å².